The van der Waals surface area contributed by atoms with Crippen LogP contribution in [0.15, 0.2) is 71.6 Å². The average molecular weight is 489 g/mol. The van der Waals surface area contributed by atoms with E-state index < -0.39 is 22.0 Å². The van der Waals surface area contributed by atoms with E-state index in [4.69, 9.17) is 25.8 Å². The third-order valence-electron chi connectivity index (χ3n) is 4.86. The van der Waals surface area contributed by atoms with Crippen molar-refractivity contribution in [3.8, 4) is 17.2 Å². The lowest BCUT2D eigenvalue weighted by Gasteiger charge is -2.15. The molecule has 1 aliphatic heterocycles. The molecule has 3 aromatic carbocycles. The fourth-order valence-corrected chi connectivity index (χ4v) is 4.75. The minimum atomic E-state index is -3.82. The Bertz CT molecular complexity index is 1270. The second-order valence-electron chi connectivity index (χ2n) is 7.25. The van der Waals surface area contributed by atoms with Crippen LogP contribution in [0.25, 0.3) is 0 Å². The molecule has 0 aliphatic carbocycles. The summed E-state index contributed by atoms with van der Waals surface area (Å²) in [5.74, 6) is 0.926. The summed E-state index contributed by atoms with van der Waals surface area (Å²) in [5, 5.41) is 2.76. The second-order valence-corrected chi connectivity index (χ2v) is 9.37. The number of amides is 1. The molecule has 3 aromatic rings. The molecule has 10 heteroatoms. The van der Waals surface area contributed by atoms with E-state index in [2.05, 4.69) is 10.0 Å². The average Bonchev–Trinajstić information content (AvgIpc) is 3.26. The lowest BCUT2D eigenvalue weighted by atomic mass is 10.1. The molecule has 0 saturated heterocycles. The van der Waals surface area contributed by atoms with Crippen LogP contribution in [-0.4, -0.2) is 27.7 Å². The van der Waals surface area contributed by atoms with E-state index in [0.717, 1.165) is 5.56 Å². The van der Waals surface area contributed by atoms with Crippen LogP contribution in [0, 0.1) is 0 Å². The van der Waals surface area contributed by atoms with Gasteiger partial charge < -0.3 is 19.5 Å². The first-order valence-corrected chi connectivity index (χ1v) is 11.9. The maximum atomic E-state index is 12.7. The molecule has 0 saturated carbocycles. The van der Waals surface area contributed by atoms with Crippen molar-refractivity contribution in [1.29, 1.82) is 0 Å². The van der Waals surface area contributed by atoms with Gasteiger partial charge in [-0.1, -0.05) is 41.9 Å². The van der Waals surface area contributed by atoms with E-state index in [0.29, 0.717) is 17.2 Å². The zero-order valence-corrected chi connectivity index (χ0v) is 19.2. The van der Waals surface area contributed by atoms with E-state index in [9.17, 15) is 13.2 Å². The predicted molar refractivity (Wildman–Crippen MR) is 123 cm³/mol. The SMILES string of the molecule is CC(NS(=O)(=O)c1ccc(OCC(=O)Nc2ccc3c(c2)OCO3)c(Cl)c1)c1ccccc1. The summed E-state index contributed by atoms with van der Waals surface area (Å²) in [6, 6.07) is 17.9. The van der Waals surface area contributed by atoms with Crippen molar-refractivity contribution in [3.63, 3.8) is 0 Å². The lowest BCUT2D eigenvalue weighted by molar-refractivity contribution is -0.118. The number of nitrogens with one attached hydrogen (secondary N) is 2. The van der Waals surface area contributed by atoms with Crippen LogP contribution in [0.5, 0.6) is 17.2 Å². The first-order chi connectivity index (χ1) is 15.8. The van der Waals surface area contributed by atoms with Gasteiger partial charge in [0.25, 0.3) is 5.91 Å². The Morgan fingerprint density at radius 2 is 1.82 bits per heavy atom. The molecule has 2 N–H and O–H groups in total. The minimum absolute atomic E-state index is 0.00700. The Labute approximate surface area is 196 Å². The van der Waals surface area contributed by atoms with Gasteiger partial charge in [0.1, 0.15) is 5.75 Å². The summed E-state index contributed by atoms with van der Waals surface area (Å²) in [5.41, 5.74) is 1.36. The van der Waals surface area contributed by atoms with Crippen LogP contribution in [0.1, 0.15) is 18.5 Å². The fraction of sp³-hybridized carbons (Fsp3) is 0.174. The number of hydrogen-bond acceptors (Lipinski definition) is 6. The third kappa shape index (κ3) is 5.57. The van der Waals surface area contributed by atoms with E-state index in [-0.39, 0.29) is 29.1 Å². The largest absolute Gasteiger partial charge is 0.482 e. The molecule has 0 aromatic heterocycles. The molecule has 1 heterocycles. The summed E-state index contributed by atoms with van der Waals surface area (Å²) in [4.78, 5) is 12.2. The molecular weight excluding hydrogens is 468 g/mol. The molecule has 8 nitrogen and oxygen atoms in total. The second kappa shape index (κ2) is 9.70. The molecule has 1 amide bonds. The number of anilines is 1. The van der Waals surface area contributed by atoms with Gasteiger partial charge in [0, 0.05) is 17.8 Å². The van der Waals surface area contributed by atoms with Crippen LogP contribution in [0.2, 0.25) is 5.02 Å². The lowest BCUT2D eigenvalue weighted by Crippen LogP contribution is -2.27. The first kappa shape index (κ1) is 22.9. The third-order valence-corrected chi connectivity index (χ3v) is 6.69. The highest BCUT2D eigenvalue weighted by Gasteiger charge is 2.20. The monoisotopic (exact) mass is 488 g/mol. The van der Waals surface area contributed by atoms with Gasteiger partial charge in [-0.15, -0.1) is 0 Å². The smallest absolute Gasteiger partial charge is 0.262 e. The van der Waals surface area contributed by atoms with Crippen molar-refractivity contribution < 1.29 is 27.4 Å². The Kier molecular flexibility index (Phi) is 6.73. The molecule has 1 unspecified atom stereocenters. The molecule has 172 valence electrons. The summed E-state index contributed by atoms with van der Waals surface area (Å²) in [7, 11) is -3.82. The Morgan fingerprint density at radius 3 is 2.58 bits per heavy atom. The van der Waals surface area contributed by atoms with Crippen LogP contribution >= 0.6 is 11.6 Å². The van der Waals surface area contributed by atoms with Crippen molar-refractivity contribution in [3.05, 3.63) is 77.3 Å². The molecule has 33 heavy (non-hydrogen) atoms. The maximum absolute atomic E-state index is 12.7. The molecule has 0 spiro atoms. The molecule has 1 aliphatic rings. The fourth-order valence-electron chi connectivity index (χ4n) is 3.19. The van der Waals surface area contributed by atoms with Crippen molar-refractivity contribution in [1.82, 2.24) is 4.72 Å². The molecule has 4 rings (SSSR count). The Morgan fingerprint density at radius 1 is 1.06 bits per heavy atom. The van der Waals surface area contributed by atoms with Crippen LogP contribution in [-0.2, 0) is 14.8 Å². The molecule has 0 bridgehead atoms. The van der Waals surface area contributed by atoms with E-state index in [1.54, 1.807) is 25.1 Å². The first-order valence-electron chi connectivity index (χ1n) is 10.0. The van der Waals surface area contributed by atoms with Crippen LogP contribution < -0.4 is 24.2 Å². The number of carbonyl (C=O) groups excluding carboxylic acids is 1. The number of ether oxygens (including phenoxy) is 3. The molecule has 1 atom stereocenters. The van der Waals surface area contributed by atoms with Gasteiger partial charge in [-0.2, -0.15) is 0 Å². The summed E-state index contributed by atoms with van der Waals surface area (Å²) in [6.07, 6.45) is 0. The highest BCUT2D eigenvalue weighted by atomic mass is 35.5. The summed E-state index contributed by atoms with van der Waals surface area (Å²) >= 11 is 6.22. The van der Waals surface area contributed by atoms with E-state index in [1.165, 1.54) is 18.2 Å². The number of halogens is 1. The van der Waals surface area contributed by atoms with Gasteiger partial charge >= 0.3 is 0 Å². The van der Waals surface area contributed by atoms with Gasteiger partial charge in [-0.05, 0) is 42.8 Å². The van der Waals surface area contributed by atoms with Gasteiger partial charge in [-0.3, -0.25) is 4.79 Å². The Hall–Kier alpha value is -3.27. The highest BCUT2D eigenvalue weighted by Crippen LogP contribution is 2.34. The van der Waals surface area contributed by atoms with Crippen LogP contribution in [0.3, 0.4) is 0 Å². The van der Waals surface area contributed by atoms with Crippen molar-refractivity contribution in [2.75, 3.05) is 18.7 Å². The number of rotatable bonds is 8. The van der Waals surface area contributed by atoms with Crippen LogP contribution in [0.4, 0.5) is 5.69 Å². The van der Waals surface area contributed by atoms with Gasteiger partial charge in [0.2, 0.25) is 16.8 Å². The maximum Gasteiger partial charge on any atom is 0.262 e. The van der Waals surface area contributed by atoms with E-state index in [1.807, 2.05) is 30.3 Å². The number of benzene rings is 3. The molecule has 0 radical (unpaired) electrons. The zero-order chi connectivity index (χ0) is 23.4. The summed E-state index contributed by atoms with van der Waals surface area (Å²) < 4.78 is 44.1. The summed E-state index contributed by atoms with van der Waals surface area (Å²) in [6.45, 7) is 1.58. The van der Waals surface area contributed by atoms with Gasteiger partial charge in [0.05, 0.1) is 9.92 Å². The molecular formula is C23H21ClN2O6S. The standard InChI is InChI=1S/C23H21ClN2O6S/c1-15(16-5-3-2-4-6-16)26-33(28,29)18-8-10-20(19(24)12-18)30-13-23(27)25-17-7-9-21-22(11-17)32-14-31-21/h2-12,15,26H,13-14H2,1H3,(H,25,27). The zero-order valence-electron chi connectivity index (χ0n) is 17.6. The van der Waals surface area contributed by atoms with Crippen molar-refractivity contribution >= 4 is 33.2 Å². The molecule has 0 fully saturated rings. The Balaban J connectivity index is 1.36. The number of hydrogen-bond donors (Lipinski definition) is 2. The van der Waals surface area contributed by atoms with Crippen molar-refractivity contribution in [2.45, 2.75) is 17.9 Å². The topological polar surface area (TPSA) is 103 Å². The normalized spacial score (nSPS) is 13.4. The number of carbonyl (C=O) groups is 1. The van der Waals surface area contributed by atoms with E-state index >= 15 is 0 Å². The highest BCUT2D eigenvalue weighted by molar-refractivity contribution is 7.89. The van der Waals surface area contributed by atoms with Gasteiger partial charge in [0.15, 0.2) is 18.1 Å². The number of sulfonamides is 1. The predicted octanol–water partition coefficient (Wildman–Crippen LogP) is 4.13. The van der Waals surface area contributed by atoms with Crippen molar-refractivity contribution in [2.24, 2.45) is 0 Å². The minimum Gasteiger partial charge on any atom is -0.482 e. The number of fused-ring (bicyclic) bond motifs is 1. The van der Waals surface area contributed by atoms with Gasteiger partial charge in [-0.25, -0.2) is 13.1 Å². The quantitative estimate of drug-likeness (QED) is 0.494.